The van der Waals surface area contributed by atoms with Crippen molar-refractivity contribution < 1.29 is 18.0 Å². The van der Waals surface area contributed by atoms with Crippen LogP contribution in [0.2, 0.25) is 0 Å². The summed E-state index contributed by atoms with van der Waals surface area (Å²) >= 11 is 2.15. The first-order chi connectivity index (χ1) is 18.3. The minimum atomic E-state index is -4.05. The van der Waals surface area contributed by atoms with Gasteiger partial charge in [0.25, 0.3) is 10.0 Å². The average Bonchev–Trinajstić information content (AvgIpc) is 3.44. The maximum atomic E-state index is 13.9. The second kappa shape index (κ2) is 12.8. The van der Waals surface area contributed by atoms with Crippen LogP contribution < -0.4 is 9.62 Å². The summed E-state index contributed by atoms with van der Waals surface area (Å²) in [4.78, 5) is 28.7. The predicted molar refractivity (Wildman–Crippen MR) is 157 cm³/mol. The number of amides is 2. The van der Waals surface area contributed by atoms with E-state index in [0.717, 1.165) is 39.1 Å². The predicted octanol–water partition coefficient (Wildman–Crippen LogP) is 4.96. The Morgan fingerprint density at radius 2 is 1.50 bits per heavy atom. The quantitative estimate of drug-likeness (QED) is 0.316. The Kier molecular flexibility index (Phi) is 9.43. The summed E-state index contributed by atoms with van der Waals surface area (Å²) in [6.45, 7) is 1.45. The van der Waals surface area contributed by atoms with Gasteiger partial charge in [-0.05, 0) is 84.3 Å². The summed E-state index contributed by atoms with van der Waals surface area (Å²) in [5, 5.41) is 3.08. The molecule has 0 saturated heterocycles. The Bertz CT molecular complexity index is 1330. The lowest BCUT2D eigenvalue weighted by Crippen LogP contribution is -2.52. The van der Waals surface area contributed by atoms with Gasteiger partial charge in [-0.2, -0.15) is 0 Å². The van der Waals surface area contributed by atoms with Gasteiger partial charge >= 0.3 is 0 Å². The molecule has 7 nitrogen and oxygen atoms in total. The molecule has 1 N–H and O–H groups in total. The smallest absolute Gasteiger partial charge is 0.264 e. The van der Waals surface area contributed by atoms with Gasteiger partial charge in [-0.1, -0.05) is 61.4 Å². The summed E-state index contributed by atoms with van der Waals surface area (Å²) in [6, 6.07) is 23.8. The molecule has 0 unspecified atom stereocenters. The van der Waals surface area contributed by atoms with Gasteiger partial charge in [0.05, 0.1) is 10.6 Å². The molecular formula is C29H32IN3O4S. The third-order valence-electron chi connectivity index (χ3n) is 6.79. The Labute approximate surface area is 238 Å². The van der Waals surface area contributed by atoms with Crippen molar-refractivity contribution in [1.82, 2.24) is 10.2 Å². The maximum Gasteiger partial charge on any atom is 0.264 e. The Morgan fingerprint density at radius 1 is 0.921 bits per heavy atom. The van der Waals surface area contributed by atoms with Crippen LogP contribution in [0.25, 0.3) is 0 Å². The molecule has 4 rings (SSSR count). The standard InChI is InChI=1S/C29H32IN3O4S/c1-22(29(35)31-25-12-8-9-13-25)32(20-23-10-4-2-5-11-23)28(34)21-33(26-18-16-24(30)17-19-26)38(36,37)27-14-6-3-7-15-27/h2-7,10-11,14-19,22,25H,8-9,12-13,20-21H2,1H3,(H,31,35)/t22-/m0/s1. The van der Waals surface area contributed by atoms with Crippen LogP contribution in [0.5, 0.6) is 0 Å². The summed E-state index contributed by atoms with van der Waals surface area (Å²) in [7, 11) is -4.05. The van der Waals surface area contributed by atoms with Crippen molar-refractivity contribution >= 4 is 50.1 Å². The SMILES string of the molecule is C[C@@H](C(=O)NC1CCCC1)N(Cc1ccccc1)C(=O)CN(c1ccc(I)cc1)S(=O)(=O)c1ccccc1. The Morgan fingerprint density at radius 3 is 2.11 bits per heavy atom. The van der Waals surface area contributed by atoms with E-state index in [2.05, 4.69) is 27.9 Å². The van der Waals surface area contributed by atoms with Gasteiger partial charge in [-0.25, -0.2) is 8.42 Å². The van der Waals surface area contributed by atoms with Crippen LogP contribution in [0.1, 0.15) is 38.2 Å². The van der Waals surface area contributed by atoms with Crippen LogP contribution in [0.15, 0.2) is 89.8 Å². The highest BCUT2D eigenvalue weighted by molar-refractivity contribution is 14.1. The summed E-state index contributed by atoms with van der Waals surface area (Å²) in [5.41, 5.74) is 1.23. The van der Waals surface area contributed by atoms with Crippen molar-refractivity contribution in [1.29, 1.82) is 0 Å². The number of carbonyl (C=O) groups is 2. The maximum absolute atomic E-state index is 13.9. The molecule has 0 heterocycles. The van der Waals surface area contributed by atoms with Crippen molar-refractivity contribution in [2.24, 2.45) is 0 Å². The van der Waals surface area contributed by atoms with Gasteiger partial charge in [0.15, 0.2) is 0 Å². The molecule has 38 heavy (non-hydrogen) atoms. The third-order valence-corrected chi connectivity index (χ3v) is 9.30. The molecule has 3 aromatic rings. The highest BCUT2D eigenvalue weighted by Gasteiger charge is 2.33. The number of nitrogens with one attached hydrogen (secondary N) is 1. The molecule has 9 heteroatoms. The molecule has 1 fully saturated rings. The third kappa shape index (κ3) is 6.93. The lowest BCUT2D eigenvalue weighted by atomic mass is 10.1. The summed E-state index contributed by atoms with van der Waals surface area (Å²) in [6.07, 6.45) is 4.02. The lowest BCUT2D eigenvalue weighted by Gasteiger charge is -2.32. The van der Waals surface area contributed by atoms with Crippen LogP contribution in [-0.2, 0) is 26.2 Å². The van der Waals surface area contributed by atoms with Gasteiger partial charge in [0.2, 0.25) is 11.8 Å². The van der Waals surface area contributed by atoms with Crippen LogP contribution in [0, 0.1) is 3.57 Å². The molecule has 1 atom stereocenters. The fourth-order valence-corrected chi connectivity index (χ4v) is 6.41. The topological polar surface area (TPSA) is 86.8 Å². The molecule has 0 aliphatic heterocycles. The van der Waals surface area contributed by atoms with E-state index in [1.807, 2.05) is 30.3 Å². The van der Waals surface area contributed by atoms with E-state index in [4.69, 9.17) is 0 Å². The number of halogens is 1. The fourth-order valence-electron chi connectivity index (χ4n) is 4.61. The molecule has 200 valence electrons. The van der Waals surface area contributed by atoms with Gasteiger partial charge in [0, 0.05) is 16.2 Å². The van der Waals surface area contributed by atoms with Crippen molar-refractivity contribution in [3.63, 3.8) is 0 Å². The molecule has 1 aliphatic carbocycles. The molecule has 2 amide bonds. The number of rotatable bonds is 10. The first-order valence-corrected chi connectivity index (χ1v) is 15.2. The van der Waals surface area contributed by atoms with E-state index in [1.54, 1.807) is 49.4 Å². The summed E-state index contributed by atoms with van der Waals surface area (Å²) in [5.74, 6) is -0.686. The van der Waals surface area contributed by atoms with Gasteiger partial charge in [-0.3, -0.25) is 13.9 Å². The van der Waals surface area contributed by atoms with Crippen LogP contribution in [0.3, 0.4) is 0 Å². The van der Waals surface area contributed by atoms with Crippen molar-refractivity contribution in [3.05, 3.63) is 94.1 Å². The zero-order valence-corrected chi connectivity index (χ0v) is 24.3. The first kappa shape index (κ1) is 28.1. The number of anilines is 1. The lowest BCUT2D eigenvalue weighted by molar-refractivity contribution is -0.139. The van der Waals surface area contributed by atoms with Crippen molar-refractivity contribution in [2.75, 3.05) is 10.8 Å². The van der Waals surface area contributed by atoms with E-state index in [9.17, 15) is 18.0 Å². The largest absolute Gasteiger partial charge is 0.352 e. The number of benzene rings is 3. The Hall–Kier alpha value is -2.92. The average molecular weight is 646 g/mol. The van der Waals surface area contributed by atoms with Crippen LogP contribution >= 0.6 is 22.6 Å². The summed E-state index contributed by atoms with van der Waals surface area (Å²) < 4.78 is 29.6. The second-order valence-electron chi connectivity index (χ2n) is 9.47. The number of nitrogens with zero attached hydrogens (tertiary/aromatic N) is 2. The molecule has 0 aromatic heterocycles. The Balaban J connectivity index is 1.65. The highest BCUT2D eigenvalue weighted by Crippen LogP contribution is 2.25. The van der Waals surface area contributed by atoms with E-state index in [0.29, 0.717) is 5.69 Å². The van der Waals surface area contributed by atoms with E-state index in [1.165, 1.54) is 17.0 Å². The minimum Gasteiger partial charge on any atom is -0.352 e. The monoisotopic (exact) mass is 645 g/mol. The van der Waals surface area contributed by atoms with E-state index >= 15 is 0 Å². The normalized spacial score (nSPS) is 14.6. The van der Waals surface area contributed by atoms with Gasteiger partial charge in [-0.15, -0.1) is 0 Å². The van der Waals surface area contributed by atoms with Gasteiger partial charge in [0.1, 0.15) is 12.6 Å². The molecular weight excluding hydrogens is 613 g/mol. The van der Waals surface area contributed by atoms with E-state index < -0.39 is 28.5 Å². The number of hydrogen-bond donors (Lipinski definition) is 1. The number of hydrogen-bond acceptors (Lipinski definition) is 4. The minimum absolute atomic E-state index is 0.0907. The van der Waals surface area contributed by atoms with E-state index in [-0.39, 0.29) is 23.4 Å². The molecule has 1 saturated carbocycles. The molecule has 0 radical (unpaired) electrons. The number of sulfonamides is 1. The fraction of sp³-hybridized carbons (Fsp3) is 0.310. The second-order valence-corrected chi connectivity index (χ2v) is 12.6. The first-order valence-electron chi connectivity index (χ1n) is 12.7. The zero-order chi connectivity index (χ0) is 27.1. The van der Waals surface area contributed by atoms with Gasteiger partial charge < -0.3 is 10.2 Å². The van der Waals surface area contributed by atoms with Crippen molar-refractivity contribution in [3.8, 4) is 0 Å². The van der Waals surface area contributed by atoms with Crippen molar-refractivity contribution in [2.45, 2.75) is 56.1 Å². The molecule has 0 bridgehead atoms. The molecule has 0 spiro atoms. The molecule has 3 aromatic carbocycles. The highest BCUT2D eigenvalue weighted by atomic mass is 127. The van der Waals surface area contributed by atoms with Crippen LogP contribution in [0.4, 0.5) is 5.69 Å². The zero-order valence-electron chi connectivity index (χ0n) is 21.3. The molecule has 1 aliphatic rings. The van der Waals surface area contributed by atoms with Crippen LogP contribution in [-0.4, -0.2) is 43.8 Å². The number of carbonyl (C=O) groups excluding carboxylic acids is 2.